The molecule has 1 atom stereocenters. The van der Waals surface area contributed by atoms with Crippen molar-refractivity contribution in [1.29, 1.82) is 0 Å². The lowest BCUT2D eigenvalue weighted by Gasteiger charge is -2.40. The van der Waals surface area contributed by atoms with Crippen LogP contribution in [0.1, 0.15) is 11.1 Å². The third kappa shape index (κ3) is 12.1. The molecule has 0 bridgehead atoms. The monoisotopic (exact) mass is 652 g/mol. The second-order valence-corrected chi connectivity index (χ2v) is 25.5. The molecule has 186 valence electrons. The van der Waals surface area contributed by atoms with Crippen molar-refractivity contribution < 1.29 is 40.9 Å². The van der Waals surface area contributed by atoms with Crippen LogP contribution in [0.15, 0.2) is 47.9 Å². The largest absolute Gasteiger partial charge is 1.00 e. The molecule has 0 aliphatic rings. The molecule has 1 aromatic heterocycles. The number of hydrogen-bond acceptors (Lipinski definition) is 5. The summed E-state index contributed by atoms with van der Waals surface area (Å²) in [5.41, 5.74) is 2.64. The molecule has 33 heavy (non-hydrogen) atoms. The second-order valence-electron chi connectivity index (χ2n) is 10.1. The van der Waals surface area contributed by atoms with Crippen molar-refractivity contribution in [1.82, 2.24) is 4.98 Å². The first-order valence-electron chi connectivity index (χ1n) is 11.4. The average Bonchev–Trinajstić information content (AvgIpc) is 2.63. The fraction of sp³-hybridized carbons (Fsp3) is 0.545. The maximum absolute atomic E-state index is 6.75. The van der Waals surface area contributed by atoms with E-state index >= 15 is 0 Å². The van der Waals surface area contributed by atoms with Crippen LogP contribution in [0.3, 0.4) is 0 Å². The van der Waals surface area contributed by atoms with Crippen molar-refractivity contribution >= 4 is 46.2 Å². The molecule has 0 amide bonds. The summed E-state index contributed by atoms with van der Waals surface area (Å²) < 4.78 is 21.8. The maximum Gasteiger partial charge on any atom is 0.359 e. The molecule has 2 aromatic rings. The van der Waals surface area contributed by atoms with E-state index in [-0.39, 0.29) is 24.0 Å². The van der Waals surface area contributed by atoms with E-state index < -0.39 is 34.5 Å². The lowest BCUT2D eigenvalue weighted by Crippen LogP contribution is -3.00. The summed E-state index contributed by atoms with van der Waals surface area (Å²) in [5, 5.41) is 1.03. The molecule has 11 heteroatoms. The van der Waals surface area contributed by atoms with Gasteiger partial charge in [-0.25, -0.2) is 4.57 Å². The Labute approximate surface area is 227 Å². The van der Waals surface area contributed by atoms with Crippen LogP contribution in [0.4, 0.5) is 0 Å². The van der Waals surface area contributed by atoms with Gasteiger partial charge in [0.15, 0.2) is 17.4 Å². The third-order valence-electron chi connectivity index (χ3n) is 4.64. The summed E-state index contributed by atoms with van der Waals surface area (Å²) in [7, 11) is -5.37. The zero-order valence-electron chi connectivity index (χ0n) is 21.6. The van der Waals surface area contributed by atoms with Gasteiger partial charge in [-0.2, -0.15) is 0 Å². The van der Waals surface area contributed by atoms with E-state index in [1.807, 2.05) is 25.5 Å². The topological polar surface area (TPSA) is 44.5 Å². The van der Waals surface area contributed by atoms with Crippen molar-refractivity contribution in [3.8, 4) is 0 Å². The molecule has 1 aromatic carbocycles. The third-order valence-corrected chi connectivity index (χ3v) is 19.0. The van der Waals surface area contributed by atoms with Crippen LogP contribution in [0.2, 0.25) is 58.4 Å². The van der Waals surface area contributed by atoms with Crippen molar-refractivity contribution in [3.05, 3.63) is 53.9 Å². The molecule has 0 saturated carbocycles. The van der Waals surface area contributed by atoms with E-state index in [0.717, 1.165) is 23.4 Å². The number of thioether (sulfide) groups is 1. The molecule has 0 fully saturated rings. The van der Waals surface area contributed by atoms with Gasteiger partial charge in [0.25, 0.3) is 0 Å². The van der Waals surface area contributed by atoms with Gasteiger partial charge in [-0.1, -0.05) is 24.3 Å². The van der Waals surface area contributed by atoms with Crippen LogP contribution in [-0.2, 0) is 31.6 Å². The highest BCUT2D eigenvalue weighted by atomic mass is 127. The zero-order valence-corrected chi connectivity index (χ0v) is 28.8. The molecule has 0 aliphatic heterocycles. The summed E-state index contributed by atoms with van der Waals surface area (Å²) in [6, 6.07) is 11.9. The first kappa shape index (κ1) is 31.2. The van der Waals surface area contributed by atoms with Crippen LogP contribution in [0, 0.1) is 0 Å². The lowest BCUT2D eigenvalue weighted by atomic mass is 10.1. The van der Waals surface area contributed by atoms with Crippen LogP contribution in [-0.4, -0.2) is 39.5 Å². The average molecular weight is 653 g/mol. The fourth-order valence-electron chi connectivity index (χ4n) is 3.77. The molecular weight excluding hydrogens is 612 g/mol. The molecule has 1 unspecified atom stereocenters. The molecule has 0 spiro atoms. The summed E-state index contributed by atoms with van der Waals surface area (Å²) in [5.74, 6) is 0.912. The predicted octanol–water partition coefficient (Wildman–Crippen LogP) is 2.39. The van der Waals surface area contributed by atoms with E-state index in [1.165, 1.54) is 11.1 Å². The number of nitrogens with zero attached hydrogens (tertiary/aromatic N) is 2. The van der Waals surface area contributed by atoms with Gasteiger partial charge in [0.1, 0.15) is 6.20 Å². The Balaban J connectivity index is 0.00000544. The number of halogens is 1. The molecular formula is C22H41IN2O3SSi4. The lowest BCUT2D eigenvalue weighted by molar-refractivity contribution is -0.713. The summed E-state index contributed by atoms with van der Waals surface area (Å²) in [4.78, 5) is 4.44. The Morgan fingerprint density at radius 2 is 1.58 bits per heavy atom. The van der Waals surface area contributed by atoms with Gasteiger partial charge in [-0.05, 0) is 92.7 Å². The maximum atomic E-state index is 6.75. The smallest absolute Gasteiger partial charge is 0.359 e. The van der Waals surface area contributed by atoms with Crippen LogP contribution >= 0.6 is 11.8 Å². The Morgan fingerprint density at radius 3 is 2.12 bits per heavy atom. The number of benzene rings is 1. The number of aromatic nitrogens is 2. The quantitative estimate of drug-likeness (QED) is 0.116. The summed E-state index contributed by atoms with van der Waals surface area (Å²) in [6.07, 6.45) is 4.84. The van der Waals surface area contributed by atoms with Crippen LogP contribution in [0.25, 0.3) is 0 Å². The van der Waals surface area contributed by atoms with Crippen molar-refractivity contribution in [3.63, 3.8) is 0 Å². The van der Waals surface area contributed by atoms with Gasteiger partial charge < -0.3 is 36.3 Å². The summed E-state index contributed by atoms with van der Waals surface area (Å²) >= 11 is 1.76. The first-order valence-corrected chi connectivity index (χ1v) is 23.9. The van der Waals surface area contributed by atoms with E-state index in [4.69, 9.17) is 12.3 Å². The molecule has 5 nitrogen and oxygen atoms in total. The molecule has 0 N–H and O–H groups in total. The van der Waals surface area contributed by atoms with Gasteiger partial charge in [-0.3, -0.25) is 0 Å². The van der Waals surface area contributed by atoms with Crippen molar-refractivity contribution in [2.75, 3.05) is 0 Å². The van der Waals surface area contributed by atoms with Crippen LogP contribution in [0.5, 0.6) is 0 Å². The minimum Gasteiger partial charge on any atom is -1.00 e. The van der Waals surface area contributed by atoms with E-state index in [1.54, 1.807) is 11.8 Å². The normalized spacial score (nSPS) is 14.1. The number of aryl methyl sites for hydroxylation is 2. The molecule has 2 rings (SSSR count). The predicted molar refractivity (Wildman–Crippen MR) is 145 cm³/mol. The standard InChI is InChI=1S/C22H41N2O3SSi4.HI/c1-24-17-10-16-23-22(24)28-19-21-13-11-20(12-14-21)15-18-32(9,26-30(4,5)6)27-31(7,8)25-29(2)3;/h10-14,16-17,29H,15,18-19H2,1-9H3;1H/q+1;/p-1. The molecule has 0 saturated heterocycles. The molecule has 0 radical (unpaired) electrons. The highest BCUT2D eigenvalue weighted by molar-refractivity contribution is 7.98. The van der Waals surface area contributed by atoms with Gasteiger partial charge in [-0.15, -0.1) is 0 Å². The minimum atomic E-state index is -2.34. The van der Waals surface area contributed by atoms with Gasteiger partial charge in [0, 0.05) is 11.8 Å². The number of hydrogen-bond donors (Lipinski definition) is 0. The SMILES string of the molecule is C[n+]1cccnc1SCc1ccc(CC[Si](C)(O[Si](C)(C)C)O[Si](C)(C)O[SiH](C)C)cc1.[I-]. The summed E-state index contributed by atoms with van der Waals surface area (Å²) in [6.45, 7) is 17.8. The Morgan fingerprint density at radius 1 is 0.970 bits per heavy atom. The second kappa shape index (κ2) is 13.4. The van der Waals surface area contributed by atoms with Gasteiger partial charge in [0.2, 0.25) is 0 Å². The van der Waals surface area contributed by atoms with Crippen molar-refractivity contribution in [2.45, 2.75) is 75.8 Å². The zero-order chi connectivity index (χ0) is 24.0. The highest BCUT2D eigenvalue weighted by Gasteiger charge is 2.42. The van der Waals surface area contributed by atoms with E-state index in [9.17, 15) is 0 Å². The Hall–Kier alpha value is 0.128. The Bertz CT molecular complexity index is 869. The van der Waals surface area contributed by atoms with Crippen LogP contribution < -0.4 is 28.5 Å². The highest BCUT2D eigenvalue weighted by Crippen LogP contribution is 2.27. The van der Waals surface area contributed by atoms with Gasteiger partial charge >= 0.3 is 22.3 Å². The minimum absolute atomic E-state index is 0. The molecule has 0 aliphatic carbocycles. The first-order chi connectivity index (χ1) is 14.8. The van der Waals surface area contributed by atoms with E-state index in [2.05, 4.69) is 86.2 Å². The van der Waals surface area contributed by atoms with Gasteiger partial charge in [0.05, 0.1) is 13.2 Å². The fourth-order valence-corrected chi connectivity index (χ4v) is 21.3. The Kier molecular flexibility index (Phi) is 12.7. The van der Waals surface area contributed by atoms with E-state index in [0.29, 0.717) is 0 Å². The molecule has 1 heterocycles. The number of rotatable bonds is 12. The van der Waals surface area contributed by atoms with Crippen molar-refractivity contribution in [2.24, 2.45) is 7.05 Å².